The molecule has 32 heavy (non-hydrogen) atoms. The van der Waals surface area contributed by atoms with Crippen LogP contribution in [-0.2, 0) is 25.6 Å². The minimum Gasteiger partial charge on any atom is -0.508 e. The molecule has 0 bridgehead atoms. The fourth-order valence-corrected chi connectivity index (χ4v) is 3.10. The number of hydrogen-bond donors (Lipinski definition) is 7. The Morgan fingerprint density at radius 1 is 1.03 bits per heavy atom. The van der Waals surface area contributed by atoms with Crippen LogP contribution < -0.4 is 21.7 Å². The lowest BCUT2D eigenvalue weighted by atomic mass is 10.0. The van der Waals surface area contributed by atoms with Crippen molar-refractivity contribution in [2.75, 3.05) is 18.6 Å². The molecular weight excluding hydrogens is 440 g/mol. The summed E-state index contributed by atoms with van der Waals surface area (Å²) in [5, 5.41) is 35.1. The molecule has 0 fully saturated rings. The maximum absolute atomic E-state index is 13.0. The zero-order chi connectivity index (χ0) is 24.3. The number of nitrogens with one attached hydrogen (secondary N) is 3. The van der Waals surface area contributed by atoms with Crippen LogP contribution >= 0.6 is 11.8 Å². The molecule has 0 aromatic heterocycles. The van der Waals surface area contributed by atoms with Crippen LogP contribution in [0.2, 0.25) is 0 Å². The lowest BCUT2D eigenvalue weighted by molar-refractivity contribution is -0.138. The minimum atomic E-state index is -1.27. The van der Waals surface area contributed by atoms with Gasteiger partial charge in [-0.2, -0.15) is 11.8 Å². The zero-order valence-electron chi connectivity index (χ0n) is 17.9. The summed E-state index contributed by atoms with van der Waals surface area (Å²) in [7, 11) is 0. The second kappa shape index (κ2) is 13.6. The van der Waals surface area contributed by atoms with Crippen LogP contribution in [0.25, 0.3) is 0 Å². The van der Waals surface area contributed by atoms with Gasteiger partial charge in [-0.05, 0) is 43.0 Å². The Morgan fingerprint density at radius 3 is 2.16 bits per heavy atom. The average Bonchev–Trinajstić information content (AvgIpc) is 2.74. The summed E-state index contributed by atoms with van der Waals surface area (Å²) < 4.78 is 0. The topological polar surface area (TPSA) is 191 Å². The number of carboxylic acids is 1. The van der Waals surface area contributed by atoms with E-state index >= 15 is 0 Å². The predicted molar refractivity (Wildman–Crippen MR) is 119 cm³/mol. The van der Waals surface area contributed by atoms with Crippen molar-refractivity contribution in [1.82, 2.24) is 16.0 Å². The number of thioether (sulfide) groups is 1. The highest BCUT2D eigenvalue weighted by Crippen LogP contribution is 2.12. The van der Waals surface area contributed by atoms with Crippen LogP contribution in [0, 0.1) is 0 Å². The highest BCUT2D eigenvalue weighted by atomic mass is 32.2. The molecule has 3 amide bonds. The molecule has 0 radical (unpaired) electrons. The number of hydrogen-bond acceptors (Lipinski definition) is 8. The second-order valence-electron chi connectivity index (χ2n) is 7.15. The molecule has 4 atom stereocenters. The van der Waals surface area contributed by atoms with Crippen molar-refractivity contribution in [1.29, 1.82) is 0 Å². The van der Waals surface area contributed by atoms with Crippen molar-refractivity contribution >= 4 is 35.5 Å². The largest absolute Gasteiger partial charge is 0.508 e. The number of nitrogens with two attached hydrogens (primary N) is 1. The van der Waals surface area contributed by atoms with E-state index in [-0.39, 0.29) is 18.6 Å². The van der Waals surface area contributed by atoms with Crippen LogP contribution in [0.5, 0.6) is 5.75 Å². The summed E-state index contributed by atoms with van der Waals surface area (Å²) in [5.41, 5.74) is 6.27. The van der Waals surface area contributed by atoms with Crippen LogP contribution in [-0.4, -0.2) is 81.8 Å². The Kier molecular flexibility index (Phi) is 11.5. The monoisotopic (exact) mass is 470 g/mol. The van der Waals surface area contributed by atoms with Gasteiger partial charge in [-0.25, -0.2) is 0 Å². The van der Waals surface area contributed by atoms with Crippen molar-refractivity contribution in [3.63, 3.8) is 0 Å². The molecule has 0 spiro atoms. The van der Waals surface area contributed by atoms with E-state index in [0.717, 1.165) is 0 Å². The number of phenols is 1. The molecular formula is C20H30N4O7S. The van der Waals surface area contributed by atoms with Crippen LogP contribution in [0.3, 0.4) is 0 Å². The molecule has 0 saturated carbocycles. The van der Waals surface area contributed by atoms with E-state index in [0.29, 0.717) is 11.3 Å². The summed E-state index contributed by atoms with van der Waals surface area (Å²) >= 11 is 1.44. The van der Waals surface area contributed by atoms with Gasteiger partial charge in [-0.1, -0.05) is 12.1 Å². The molecule has 12 heteroatoms. The van der Waals surface area contributed by atoms with Gasteiger partial charge in [0.2, 0.25) is 17.7 Å². The minimum absolute atomic E-state index is 0.0242. The Bertz CT molecular complexity index is 789. The SMILES string of the molecule is CSCCC(NC(=O)C(Cc1ccc(O)cc1)NC(=O)C(N)C(C)O)C(=O)NCC(=O)O. The number of phenolic OH excluding ortho intramolecular Hbond substituents is 1. The number of carbonyl (C=O) groups is 4. The van der Waals surface area contributed by atoms with Crippen molar-refractivity contribution in [3.05, 3.63) is 29.8 Å². The highest BCUT2D eigenvalue weighted by Gasteiger charge is 2.29. The number of aliphatic hydroxyl groups is 1. The standard InChI is InChI=1S/C20H30N4O7S/c1-11(25)17(21)20(31)24-15(9-12-3-5-13(26)6-4-12)19(30)23-14(7-8-32-2)18(29)22-10-16(27)28/h3-6,11,14-15,17,25-26H,7-10,21H2,1-2H3,(H,22,29)(H,23,30)(H,24,31)(H,27,28). The molecule has 1 aromatic rings. The quantitative estimate of drug-likeness (QED) is 0.181. The third kappa shape index (κ3) is 9.54. The van der Waals surface area contributed by atoms with Gasteiger partial charge in [0, 0.05) is 6.42 Å². The maximum atomic E-state index is 13.0. The van der Waals surface area contributed by atoms with Gasteiger partial charge in [0.1, 0.15) is 30.4 Å². The third-order valence-corrected chi connectivity index (χ3v) is 5.13. The van der Waals surface area contributed by atoms with Gasteiger partial charge in [0.05, 0.1) is 6.10 Å². The molecule has 0 aliphatic rings. The van der Waals surface area contributed by atoms with E-state index in [4.69, 9.17) is 10.8 Å². The number of aromatic hydroxyl groups is 1. The van der Waals surface area contributed by atoms with Crippen molar-refractivity contribution < 1.29 is 34.5 Å². The maximum Gasteiger partial charge on any atom is 0.322 e. The number of rotatable bonds is 13. The number of carboxylic acid groups (broad SMARTS) is 1. The molecule has 0 aliphatic carbocycles. The summed E-state index contributed by atoms with van der Waals surface area (Å²) in [6.45, 7) is 0.742. The molecule has 1 aromatic carbocycles. The molecule has 178 valence electrons. The zero-order valence-corrected chi connectivity index (χ0v) is 18.7. The highest BCUT2D eigenvalue weighted by molar-refractivity contribution is 7.98. The van der Waals surface area contributed by atoms with Crippen molar-refractivity contribution in [2.45, 2.75) is 44.0 Å². The Labute approximate surface area is 190 Å². The summed E-state index contributed by atoms with van der Waals surface area (Å²) in [4.78, 5) is 48.4. The van der Waals surface area contributed by atoms with Crippen LogP contribution in [0.4, 0.5) is 0 Å². The Balaban J connectivity index is 3.02. The molecule has 11 nitrogen and oxygen atoms in total. The fraction of sp³-hybridized carbons (Fsp3) is 0.500. The summed E-state index contributed by atoms with van der Waals surface area (Å²) in [5.74, 6) is -2.77. The first-order valence-electron chi connectivity index (χ1n) is 9.85. The lowest BCUT2D eigenvalue weighted by Crippen LogP contribution is -2.58. The first kappa shape index (κ1) is 27.2. The normalized spacial score (nSPS) is 14.5. The Morgan fingerprint density at radius 2 is 1.62 bits per heavy atom. The fourth-order valence-electron chi connectivity index (χ4n) is 2.63. The van der Waals surface area contributed by atoms with E-state index < -0.39 is 54.5 Å². The first-order valence-corrected chi connectivity index (χ1v) is 11.2. The van der Waals surface area contributed by atoms with E-state index in [2.05, 4.69) is 16.0 Å². The molecule has 1 rings (SSSR count). The molecule has 8 N–H and O–H groups in total. The number of carbonyl (C=O) groups excluding carboxylic acids is 3. The van der Waals surface area contributed by atoms with E-state index in [9.17, 15) is 29.4 Å². The third-order valence-electron chi connectivity index (χ3n) is 4.49. The van der Waals surface area contributed by atoms with Gasteiger partial charge in [0.25, 0.3) is 0 Å². The molecule has 4 unspecified atom stereocenters. The van der Waals surface area contributed by atoms with Crippen molar-refractivity contribution in [3.8, 4) is 5.75 Å². The summed E-state index contributed by atoms with van der Waals surface area (Å²) in [6.07, 6.45) is 0.935. The number of benzene rings is 1. The second-order valence-corrected chi connectivity index (χ2v) is 8.14. The molecule has 0 saturated heterocycles. The Hall–Kier alpha value is -2.83. The number of amides is 3. The van der Waals surface area contributed by atoms with E-state index in [1.807, 2.05) is 6.26 Å². The molecule has 0 aliphatic heterocycles. The number of aliphatic hydroxyl groups excluding tert-OH is 1. The van der Waals surface area contributed by atoms with E-state index in [1.54, 1.807) is 12.1 Å². The van der Waals surface area contributed by atoms with Gasteiger partial charge >= 0.3 is 5.97 Å². The molecule has 0 heterocycles. The van der Waals surface area contributed by atoms with Crippen LogP contribution in [0.15, 0.2) is 24.3 Å². The smallest absolute Gasteiger partial charge is 0.322 e. The van der Waals surface area contributed by atoms with Gasteiger partial charge in [-0.3, -0.25) is 19.2 Å². The van der Waals surface area contributed by atoms with Gasteiger partial charge in [0.15, 0.2) is 0 Å². The summed E-state index contributed by atoms with van der Waals surface area (Å²) in [6, 6.07) is 2.57. The van der Waals surface area contributed by atoms with E-state index in [1.165, 1.54) is 30.8 Å². The predicted octanol–water partition coefficient (Wildman–Crippen LogP) is -1.43. The lowest BCUT2D eigenvalue weighted by Gasteiger charge is -2.24. The van der Waals surface area contributed by atoms with Gasteiger partial charge < -0.3 is 37.0 Å². The average molecular weight is 471 g/mol. The van der Waals surface area contributed by atoms with Gasteiger partial charge in [-0.15, -0.1) is 0 Å². The van der Waals surface area contributed by atoms with Crippen molar-refractivity contribution in [2.24, 2.45) is 5.73 Å². The van der Waals surface area contributed by atoms with Crippen LogP contribution in [0.1, 0.15) is 18.9 Å². The first-order chi connectivity index (χ1) is 15.0. The number of aliphatic carboxylic acids is 1.